The Balaban J connectivity index is 3.42. The van der Waals surface area contributed by atoms with Gasteiger partial charge in [-0.15, -0.1) is 0 Å². The van der Waals surface area contributed by atoms with Crippen molar-refractivity contribution in [3.63, 3.8) is 0 Å². The second-order valence-electron chi connectivity index (χ2n) is 4.83. The molecule has 0 saturated carbocycles. The van der Waals surface area contributed by atoms with E-state index in [0.29, 0.717) is 13.8 Å². The summed E-state index contributed by atoms with van der Waals surface area (Å²) in [7, 11) is -6.30. The lowest BCUT2D eigenvalue weighted by Crippen LogP contribution is -2.47. The number of rotatable bonds is 4. The van der Waals surface area contributed by atoms with Crippen molar-refractivity contribution in [3.8, 4) is 0 Å². The molecule has 1 aliphatic rings. The summed E-state index contributed by atoms with van der Waals surface area (Å²) in [6.07, 6.45) is -5.14. The van der Waals surface area contributed by atoms with E-state index in [0.717, 1.165) is 0 Å². The number of ether oxygens (including phenoxy) is 2. The largest absolute Gasteiger partial charge is 0.534 e. The standard InChI is InChI=1S/C11H12F6O6S/c1-4-21-8(18)7-6(23-24(19,20)11(15,16)17)5(2)9(3,22-7)10(12,13)14/h5H,4H2,1-3H3/t5-,9?/m0/s1. The van der Waals surface area contributed by atoms with E-state index in [2.05, 4.69) is 13.7 Å². The Morgan fingerprint density at radius 1 is 1.25 bits per heavy atom. The van der Waals surface area contributed by atoms with E-state index in [1.54, 1.807) is 0 Å². The summed E-state index contributed by atoms with van der Waals surface area (Å²) in [4.78, 5) is 11.6. The average Bonchev–Trinajstić information content (AvgIpc) is 2.63. The molecule has 0 radical (unpaired) electrons. The fourth-order valence-corrected chi connectivity index (χ4v) is 2.27. The van der Waals surface area contributed by atoms with Gasteiger partial charge in [-0.05, 0) is 13.8 Å². The summed E-state index contributed by atoms with van der Waals surface area (Å²) in [5.41, 5.74) is -9.08. The van der Waals surface area contributed by atoms with Crippen molar-refractivity contribution < 1.29 is 53.2 Å². The molecule has 13 heteroatoms. The summed E-state index contributed by atoms with van der Waals surface area (Å²) < 4.78 is 111. The molecule has 0 saturated heterocycles. The maximum absolute atomic E-state index is 13.1. The molecule has 24 heavy (non-hydrogen) atoms. The van der Waals surface area contributed by atoms with Gasteiger partial charge in [0.25, 0.3) is 0 Å². The quantitative estimate of drug-likeness (QED) is 0.320. The number of alkyl halides is 6. The van der Waals surface area contributed by atoms with Crippen LogP contribution >= 0.6 is 0 Å². The third-order valence-corrected chi connectivity index (χ3v) is 4.23. The molecule has 1 heterocycles. The van der Waals surface area contributed by atoms with Crippen LogP contribution in [-0.4, -0.2) is 38.3 Å². The van der Waals surface area contributed by atoms with Crippen LogP contribution in [0.5, 0.6) is 0 Å². The smallest absolute Gasteiger partial charge is 0.467 e. The van der Waals surface area contributed by atoms with Crippen LogP contribution in [0, 0.1) is 5.92 Å². The first kappa shape index (κ1) is 20.4. The van der Waals surface area contributed by atoms with Crippen LogP contribution in [0.25, 0.3) is 0 Å². The van der Waals surface area contributed by atoms with E-state index >= 15 is 0 Å². The molecule has 0 amide bonds. The third kappa shape index (κ3) is 3.39. The van der Waals surface area contributed by atoms with Crippen molar-refractivity contribution in [1.29, 1.82) is 0 Å². The Labute approximate surface area is 132 Å². The molecule has 0 N–H and O–H groups in total. The minimum atomic E-state index is -6.30. The van der Waals surface area contributed by atoms with Gasteiger partial charge in [-0.25, -0.2) is 4.79 Å². The number of hydrogen-bond donors (Lipinski definition) is 0. The van der Waals surface area contributed by atoms with Crippen molar-refractivity contribution >= 4 is 16.1 Å². The van der Waals surface area contributed by atoms with Gasteiger partial charge < -0.3 is 13.7 Å². The zero-order chi connectivity index (χ0) is 19.1. The molecular formula is C11H12F6O6S. The Hall–Kier alpha value is -1.66. The Bertz CT molecular complexity index is 649. The summed E-state index contributed by atoms with van der Waals surface area (Å²) in [5.74, 6) is -6.44. The molecule has 6 nitrogen and oxygen atoms in total. The third-order valence-electron chi connectivity index (χ3n) is 3.26. The summed E-state index contributed by atoms with van der Waals surface area (Å²) >= 11 is 0. The molecule has 0 aromatic heterocycles. The van der Waals surface area contributed by atoms with Gasteiger partial charge in [0.15, 0.2) is 5.76 Å². The lowest BCUT2D eigenvalue weighted by atomic mass is 9.90. The van der Waals surface area contributed by atoms with Crippen molar-refractivity contribution in [3.05, 3.63) is 11.5 Å². The highest BCUT2D eigenvalue weighted by Crippen LogP contribution is 2.50. The van der Waals surface area contributed by atoms with Crippen molar-refractivity contribution in [1.82, 2.24) is 0 Å². The number of esters is 1. The second kappa shape index (κ2) is 6.01. The SMILES string of the molecule is CCOC(=O)C1=C(OS(=O)(=O)C(F)(F)F)[C@H](C)C(C)(C(F)(F)F)O1. The van der Waals surface area contributed by atoms with Gasteiger partial charge in [0.05, 0.1) is 12.5 Å². The van der Waals surface area contributed by atoms with Crippen molar-refractivity contribution in [2.75, 3.05) is 6.61 Å². The molecule has 0 aliphatic carbocycles. The van der Waals surface area contributed by atoms with Crippen LogP contribution in [0.3, 0.4) is 0 Å². The monoisotopic (exact) mass is 386 g/mol. The zero-order valence-corrected chi connectivity index (χ0v) is 13.2. The van der Waals surface area contributed by atoms with Crippen LogP contribution in [0.15, 0.2) is 11.5 Å². The van der Waals surface area contributed by atoms with E-state index in [-0.39, 0.29) is 6.61 Å². The van der Waals surface area contributed by atoms with Crippen LogP contribution in [-0.2, 0) is 28.6 Å². The normalized spacial score (nSPS) is 25.5. The van der Waals surface area contributed by atoms with Crippen molar-refractivity contribution in [2.45, 2.75) is 38.1 Å². The maximum atomic E-state index is 13.1. The molecule has 0 bridgehead atoms. The van der Waals surface area contributed by atoms with E-state index in [1.165, 1.54) is 6.92 Å². The lowest BCUT2D eigenvalue weighted by Gasteiger charge is -2.31. The molecule has 0 fully saturated rings. The summed E-state index contributed by atoms with van der Waals surface area (Å²) in [5, 5.41) is 0. The number of carbonyl (C=O) groups is 1. The first-order valence-corrected chi connectivity index (χ1v) is 7.67. The fourth-order valence-electron chi connectivity index (χ4n) is 1.72. The molecular weight excluding hydrogens is 374 g/mol. The lowest BCUT2D eigenvalue weighted by molar-refractivity contribution is -0.263. The minimum absolute atomic E-state index is 0.345. The molecule has 0 spiro atoms. The highest BCUT2D eigenvalue weighted by molar-refractivity contribution is 7.87. The number of halogens is 6. The van der Waals surface area contributed by atoms with Gasteiger partial charge in [-0.2, -0.15) is 34.8 Å². The molecule has 140 valence electrons. The Morgan fingerprint density at radius 3 is 2.12 bits per heavy atom. The topological polar surface area (TPSA) is 78.9 Å². The van der Waals surface area contributed by atoms with Crippen LogP contribution in [0.2, 0.25) is 0 Å². The molecule has 1 unspecified atom stereocenters. The molecule has 0 aromatic rings. The van der Waals surface area contributed by atoms with E-state index in [9.17, 15) is 39.6 Å². The van der Waals surface area contributed by atoms with Crippen LogP contribution in [0.1, 0.15) is 20.8 Å². The van der Waals surface area contributed by atoms with Gasteiger partial charge in [0, 0.05) is 0 Å². The van der Waals surface area contributed by atoms with Crippen molar-refractivity contribution in [2.24, 2.45) is 5.92 Å². The number of carbonyl (C=O) groups excluding carboxylic acids is 1. The first-order chi connectivity index (χ1) is 10.6. The summed E-state index contributed by atoms with van der Waals surface area (Å²) in [6.45, 7) is 2.07. The number of hydrogen-bond acceptors (Lipinski definition) is 6. The predicted octanol–water partition coefficient (Wildman–Crippen LogP) is 2.61. The second-order valence-corrected chi connectivity index (χ2v) is 6.36. The molecule has 0 aromatic carbocycles. The van der Waals surface area contributed by atoms with Gasteiger partial charge in [-0.1, -0.05) is 6.92 Å². The minimum Gasteiger partial charge on any atom is -0.467 e. The van der Waals surface area contributed by atoms with E-state index in [1.807, 2.05) is 0 Å². The fraction of sp³-hybridized carbons (Fsp3) is 0.727. The molecule has 2 atom stereocenters. The Morgan fingerprint density at radius 2 is 1.75 bits per heavy atom. The summed E-state index contributed by atoms with van der Waals surface area (Å²) in [6, 6.07) is 0. The average molecular weight is 386 g/mol. The molecule has 1 aliphatic heterocycles. The van der Waals surface area contributed by atoms with Crippen LogP contribution < -0.4 is 0 Å². The van der Waals surface area contributed by atoms with Gasteiger partial charge in [0.2, 0.25) is 11.4 Å². The highest BCUT2D eigenvalue weighted by Gasteiger charge is 2.65. The highest BCUT2D eigenvalue weighted by atomic mass is 32.2. The first-order valence-electron chi connectivity index (χ1n) is 6.26. The zero-order valence-electron chi connectivity index (χ0n) is 12.4. The van der Waals surface area contributed by atoms with E-state index < -0.39 is 50.8 Å². The van der Waals surface area contributed by atoms with Gasteiger partial charge >= 0.3 is 27.8 Å². The molecule has 1 rings (SSSR count). The van der Waals surface area contributed by atoms with Gasteiger partial charge in [0.1, 0.15) is 0 Å². The predicted molar refractivity (Wildman–Crippen MR) is 64.4 cm³/mol. The van der Waals surface area contributed by atoms with E-state index in [4.69, 9.17) is 0 Å². The Kier molecular flexibility index (Phi) is 5.10. The van der Waals surface area contributed by atoms with Gasteiger partial charge in [-0.3, -0.25) is 0 Å². The maximum Gasteiger partial charge on any atom is 0.534 e. The van der Waals surface area contributed by atoms with Crippen LogP contribution in [0.4, 0.5) is 26.3 Å².